The zero-order chi connectivity index (χ0) is 59.6. The van der Waals surface area contributed by atoms with Crippen LogP contribution >= 0.6 is 0 Å². The van der Waals surface area contributed by atoms with E-state index in [4.69, 9.17) is 14.2 Å². The van der Waals surface area contributed by atoms with Crippen molar-refractivity contribution in [1.29, 1.82) is 0 Å². The van der Waals surface area contributed by atoms with Crippen molar-refractivity contribution in [3.05, 3.63) is 12.2 Å². The molecule has 11 heteroatoms. The molecule has 1 amide bonds. The fourth-order valence-corrected chi connectivity index (χ4v) is 11.8. The number of hydrogen-bond donors (Lipinski definition) is 6. The van der Waals surface area contributed by atoms with Crippen molar-refractivity contribution in [3.63, 3.8) is 0 Å². The Kier molecular flexibility index (Phi) is 57.1. The number of allylic oxidation sites excluding steroid dienone is 1. The summed E-state index contributed by atoms with van der Waals surface area (Å²) in [5.41, 5.74) is 0. The molecular formula is C71H137NO10. The molecule has 0 aliphatic carbocycles. The normalized spacial score (nSPS) is 18.6. The van der Waals surface area contributed by atoms with Crippen LogP contribution in [0.2, 0.25) is 0 Å². The summed E-state index contributed by atoms with van der Waals surface area (Å²) in [6.45, 7) is 5.85. The molecule has 0 bridgehead atoms. The van der Waals surface area contributed by atoms with E-state index in [1.165, 1.54) is 263 Å². The van der Waals surface area contributed by atoms with Crippen molar-refractivity contribution in [2.75, 3.05) is 13.2 Å². The minimum atomic E-state index is -1.61. The first-order chi connectivity index (χ1) is 40.2. The van der Waals surface area contributed by atoms with Crippen LogP contribution in [0.1, 0.15) is 367 Å². The van der Waals surface area contributed by atoms with Crippen LogP contribution in [0.15, 0.2) is 12.2 Å². The SMILES string of the molecule is CCCCCCCCCCCC/C=C/C(O)C(COC1OC(CO)C(O)C(O)C1OC(=O)CCCCCCCCCCCCCCCCCCCCCCCCCCCCC)NC(=O)C(O)CCCCCCCCCCCCCCCC. The van der Waals surface area contributed by atoms with E-state index in [1.54, 1.807) is 6.08 Å². The highest BCUT2D eigenvalue weighted by Gasteiger charge is 2.47. The largest absolute Gasteiger partial charge is 0.454 e. The number of esters is 1. The summed E-state index contributed by atoms with van der Waals surface area (Å²) in [4.78, 5) is 26.6. The van der Waals surface area contributed by atoms with E-state index in [-0.39, 0.29) is 13.0 Å². The molecule has 1 heterocycles. The molecule has 8 atom stereocenters. The van der Waals surface area contributed by atoms with Gasteiger partial charge in [0, 0.05) is 6.42 Å². The number of aliphatic hydroxyl groups excluding tert-OH is 5. The molecule has 1 aliphatic rings. The van der Waals surface area contributed by atoms with Crippen molar-refractivity contribution in [2.24, 2.45) is 0 Å². The summed E-state index contributed by atoms with van der Waals surface area (Å²) in [6.07, 6.45) is 59.9. The number of ether oxygens (including phenoxy) is 3. The van der Waals surface area contributed by atoms with Crippen LogP contribution in [0.25, 0.3) is 0 Å². The molecule has 486 valence electrons. The molecule has 0 radical (unpaired) electrons. The zero-order valence-electron chi connectivity index (χ0n) is 54.1. The van der Waals surface area contributed by atoms with Crippen LogP contribution < -0.4 is 5.32 Å². The van der Waals surface area contributed by atoms with Gasteiger partial charge in [0.2, 0.25) is 5.91 Å². The van der Waals surface area contributed by atoms with Crippen LogP contribution in [0.4, 0.5) is 0 Å². The second-order valence-corrected chi connectivity index (χ2v) is 25.3. The lowest BCUT2D eigenvalue weighted by Crippen LogP contribution is -2.61. The Labute approximate surface area is 506 Å². The second-order valence-electron chi connectivity index (χ2n) is 25.3. The van der Waals surface area contributed by atoms with Gasteiger partial charge in [-0.1, -0.05) is 348 Å². The van der Waals surface area contributed by atoms with Crippen molar-refractivity contribution < 1.29 is 49.3 Å². The van der Waals surface area contributed by atoms with E-state index in [9.17, 15) is 35.1 Å². The minimum absolute atomic E-state index is 0.132. The van der Waals surface area contributed by atoms with Crippen molar-refractivity contribution >= 4 is 11.9 Å². The average molecular weight is 1160 g/mol. The Morgan fingerprint density at radius 3 is 1.15 bits per heavy atom. The number of rotatable bonds is 63. The zero-order valence-corrected chi connectivity index (χ0v) is 54.1. The average Bonchev–Trinajstić information content (AvgIpc) is 3.61. The topological polar surface area (TPSA) is 175 Å². The highest BCUT2D eigenvalue weighted by Crippen LogP contribution is 2.27. The van der Waals surface area contributed by atoms with E-state index in [1.807, 2.05) is 6.08 Å². The predicted octanol–water partition coefficient (Wildman–Crippen LogP) is 18.2. The summed E-state index contributed by atoms with van der Waals surface area (Å²) in [7, 11) is 0. The van der Waals surface area contributed by atoms with Gasteiger partial charge in [0.15, 0.2) is 12.4 Å². The summed E-state index contributed by atoms with van der Waals surface area (Å²) in [6, 6.07) is -1.02. The van der Waals surface area contributed by atoms with Gasteiger partial charge in [0.1, 0.15) is 24.4 Å². The van der Waals surface area contributed by atoms with Gasteiger partial charge in [-0.05, 0) is 25.7 Å². The Balaban J connectivity index is 2.50. The van der Waals surface area contributed by atoms with Gasteiger partial charge in [-0.2, -0.15) is 0 Å². The molecule has 0 aromatic carbocycles. The fraction of sp³-hybridized carbons (Fsp3) is 0.944. The third-order valence-electron chi connectivity index (χ3n) is 17.4. The molecule has 8 unspecified atom stereocenters. The number of amides is 1. The minimum Gasteiger partial charge on any atom is -0.454 e. The molecule has 1 aliphatic heterocycles. The Morgan fingerprint density at radius 2 is 0.793 bits per heavy atom. The summed E-state index contributed by atoms with van der Waals surface area (Å²) >= 11 is 0. The van der Waals surface area contributed by atoms with Crippen molar-refractivity contribution in [2.45, 2.75) is 416 Å². The maximum absolute atomic E-state index is 13.4. The van der Waals surface area contributed by atoms with Crippen LogP contribution in [0.3, 0.4) is 0 Å². The summed E-state index contributed by atoms with van der Waals surface area (Å²) in [5.74, 6) is -1.17. The van der Waals surface area contributed by atoms with E-state index < -0.39 is 67.4 Å². The molecule has 1 rings (SSSR count). The number of carbonyl (C=O) groups is 2. The van der Waals surface area contributed by atoms with Gasteiger partial charge in [0.05, 0.1) is 25.4 Å². The standard InChI is InChI=1S/C71H137NO10/c1-4-7-10-13-16-19-22-25-27-28-29-30-31-32-33-34-35-36-37-38-39-41-44-47-50-53-56-59-66(76)82-69-68(78)67(77)65(60-73)81-71(69)80-61-62(63(74)57-54-51-48-45-42-24-21-18-15-12-9-6-3)72-70(79)64(75)58-55-52-49-46-43-40-26-23-20-17-14-11-8-5-2/h54,57,62-65,67-69,71,73-75,77-78H,4-53,55-56,58-61H2,1-3H3,(H,72,79)/b57-54+. The number of aliphatic hydroxyl groups is 5. The van der Waals surface area contributed by atoms with Crippen LogP contribution in [-0.2, 0) is 23.8 Å². The lowest BCUT2D eigenvalue weighted by atomic mass is 9.99. The second kappa shape index (κ2) is 59.7. The molecule has 82 heavy (non-hydrogen) atoms. The molecule has 0 aromatic heterocycles. The van der Waals surface area contributed by atoms with Gasteiger partial charge in [-0.25, -0.2) is 0 Å². The van der Waals surface area contributed by atoms with Crippen LogP contribution in [-0.4, -0.2) is 99.6 Å². The molecule has 0 saturated carbocycles. The van der Waals surface area contributed by atoms with Gasteiger partial charge >= 0.3 is 5.97 Å². The summed E-state index contributed by atoms with van der Waals surface area (Å²) in [5, 5.41) is 57.2. The fourth-order valence-electron chi connectivity index (χ4n) is 11.8. The highest BCUT2D eigenvalue weighted by molar-refractivity contribution is 5.80. The third-order valence-corrected chi connectivity index (χ3v) is 17.4. The van der Waals surface area contributed by atoms with Crippen LogP contribution in [0.5, 0.6) is 0 Å². The van der Waals surface area contributed by atoms with Crippen molar-refractivity contribution in [3.8, 4) is 0 Å². The maximum atomic E-state index is 13.4. The van der Waals surface area contributed by atoms with E-state index in [0.717, 1.165) is 57.8 Å². The molecule has 11 nitrogen and oxygen atoms in total. The number of hydrogen-bond acceptors (Lipinski definition) is 10. The van der Waals surface area contributed by atoms with Gasteiger partial charge < -0.3 is 45.1 Å². The molecule has 0 spiro atoms. The number of unbranched alkanes of at least 4 members (excludes halogenated alkanes) is 49. The Morgan fingerprint density at radius 1 is 0.463 bits per heavy atom. The number of nitrogens with one attached hydrogen (secondary N) is 1. The molecule has 1 saturated heterocycles. The highest BCUT2D eigenvalue weighted by atomic mass is 16.7. The Bertz CT molecular complexity index is 1380. The lowest BCUT2D eigenvalue weighted by Gasteiger charge is -2.41. The van der Waals surface area contributed by atoms with Gasteiger partial charge in [-0.15, -0.1) is 0 Å². The Hall–Kier alpha value is -1.60. The summed E-state index contributed by atoms with van der Waals surface area (Å²) < 4.78 is 17.7. The quantitative estimate of drug-likeness (QED) is 0.0195. The van der Waals surface area contributed by atoms with E-state index >= 15 is 0 Å². The van der Waals surface area contributed by atoms with Crippen molar-refractivity contribution in [1.82, 2.24) is 5.32 Å². The molecule has 6 N–H and O–H groups in total. The van der Waals surface area contributed by atoms with Gasteiger partial charge in [0.25, 0.3) is 0 Å². The van der Waals surface area contributed by atoms with E-state index in [2.05, 4.69) is 26.1 Å². The smallest absolute Gasteiger partial charge is 0.306 e. The predicted molar refractivity (Wildman–Crippen MR) is 343 cm³/mol. The van der Waals surface area contributed by atoms with Gasteiger partial charge in [-0.3, -0.25) is 9.59 Å². The monoisotopic (exact) mass is 1160 g/mol. The first kappa shape index (κ1) is 78.4. The lowest BCUT2D eigenvalue weighted by molar-refractivity contribution is -0.305. The molecule has 0 aromatic rings. The first-order valence-electron chi connectivity index (χ1n) is 36.0. The molecular weight excluding hydrogens is 1030 g/mol. The number of carbonyl (C=O) groups excluding carboxylic acids is 2. The van der Waals surface area contributed by atoms with Crippen LogP contribution in [0, 0.1) is 0 Å². The molecule has 1 fully saturated rings. The van der Waals surface area contributed by atoms with E-state index in [0.29, 0.717) is 19.3 Å². The first-order valence-corrected chi connectivity index (χ1v) is 36.0. The maximum Gasteiger partial charge on any atom is 0.306 e. The third kappa shape index (κ3) is 46.6.